The first-order valence-electron chi connectivity index (χ1n) is 10.1. The van der Waals surface area contributed by atoms with E-state index in [4.69, 9.17) is 4.74 Å². The molecule has 2 heterocycles. The van der Waals surface area contributed by atoms with Crippen LogP contribution in [0.3, 0.4) is 0 Å². The van der Waals surface area contributed by atoms with Crippen molar-refractivity contribution in [3.05, 3.63) is 78.2 Å². The summed E-state index contributed by atoms with van der Waals surface area (Å²) >= 11 is 0. The van der Waals surface area contributed by atoms with Crippen LogP contribution in [0.1, 0.15) is 18.4 Å². The van der Waals surface area contributed by atoms with Gasteiger partial charge in [-0.3, -0.25) is 4.98 Å². The molecule has 0 amide bonds. The van der Waals surface area contributed by atoms with Gasteiger partial charge in [-0.2, -0.15) is 0 Å². The number of rotatable bonds is 6. The molecule has 4 nitrogen and oxygen atoms in total. The predicted molar refractivity (Wildman–Crippen MR) is 129 cm³/mol. The number of hydrogen-bond donors (Lipinski definition) is 1. The van der Waals surface area contributed by atoms with Crippen molar-refractivity contribution in [3.8, 4) is 17.0 Å². The fourth-order valence-corrected chi connectivity index (χ4v) is 3.90. The summed E-state index contributed by atoms with van der Waals surface area (Å²) in [5, 5.41) is 3.45. The van der Waals surface area contributed by atoms with Gasteiger partial charge >= 0.3 is 0 Å². The molecular formula is C24H28Cl2FN3O. The summed E-state index contributed by atoms with van der Waals surface area (Å²) in [5.41, 5.74) is 3.93. The van der Waals surface area contributed by atoms with Crippen molar-refractivity contribution in [2.75, 3.05) is 25.1 Å². The first-order valence-corrected chi connectivity index (χ1v) is 10.1. The molecule has 0 bridgehead atoms. The van der Waals surface area contributed by atoms with Crippen LogP contribution in [0.25, 0.3) is 11.3 Å². The summed E-state index contributed by atoms with van der Waals surface area (Å²) in [6.07, 6.45) is 4.02. The first-order chi connectivity index (χ1) is 14.2. The Morgan fingerprint density at radius 3 is 2.45 bits per heavy atom. The highest BCUT2D eigenvalue weighted by Crippen LogP contribution is 2.27. The summed E-state index contributed by atoms with van der Waals surface area (Å²) in [7, 11) is 1.69. The number of methoxy groups -OCH3 is 1. The Balaban J connectivity index is 0.00000171. The Labute approximate surface area is 195 Å². The van der Waals surface area contributed by atoms with E-state index in [9.17, 15) is 4.39 Å². The van der Waals surface area contributed by atoms with Crippen molar-refractivity contribution < 1.29 is 9.13 Å². The minimum Gasteiger partial charge on any atom is -0.497 e. The molecule has 7 heteroatoms. The fraction of sp³-hybridized carbons (Fsp3) is 0.292. The number of nitrogens with one attached hydrogen (secondary N) is 1. The van der Waals surface area contributed by atoms with Gasteiger partial charge in [0, 0.05) is 30.0 Å². The van der Waals surface area contributed by atoms with Crippen LogP contribution in [-0.4, -0.2) is 31.2 Å². The van der Waals surface area contributed by atoms with Crippen LogP contribution < -0.4 is 15.0 Å². The molecule has 3 aromatic rings. The average molecular weight is 464 g/mol. The minimum atomic E-state index is -0.246. The van der Waals surface area contributed by atoms with Gasteiger partial charge < -0.3 is 15.0 Å². The lowest BCUT2D eigenvalue weighted by Gasteiger charge is -2.36. The second-order valence-electron chi connectivity index (χ2n) is 7.37. The Morgan fingerprint density at radius 1 is 1.03 bits per heavy atom. The number of halogens is 3. The van der Waals surface area contributed by atoms with Crippen LogP contribution in [0.4, 0.5) is 10.1 Å². The largest absolute Gasteiger partial charge is 0.497 e. The van der Waals surface area contributed by atoms with Gasteiger partial charge in [0.15, 0.2) is 0 Å². The topological polar surface area (TPSA) is 37.4 Å². The Bertz CT molecular complexity index is 950. The van der Waals surface area contributed by atoms with Crippen LogP contribution in [0.5, 0.6) is 5.75 Å². The van der Waals surface area contributed by atoms with Gasteiger partial charge in [-0.1, -0.05) is 12.1 Å². The van der Waals surface area contributed by atoms with Crippen LogP contribution in [-0.2, 0) is 6.54 Å². The second kappa shape index (κ2) is 11.9. The zero-order valence-electron chi connectivity index (χ0n) is 17.5. The second-order valence-corrected chi connectivity index (χ2v) is 7.37. The third-order valence-corrected chi connectivity index (χ3v) is 5.45. The van der Waals surface area contributed by atoms with E-state index in [1.807, 2.05) is 30.5 Å². The monoisotopic (exact) mass is 463 g/mol. The van der Waals surface area contributed by atoms with Gasteiger partial charge in [0.05, 0.1) is 12.8 Å². The molecule has 0 radical (unpaired) electrons. The van der Waals surface area contributed by atoms with Gasteiger partial charge in [0.25, 0.3) is 0 Å². The van der Waals surface area contributed by atoms with Gasteiger partial charge in [0.2, 0.25) is 0 Å². The van der Waals surface area contributed by atoms with Gasteiger partial charge in [-0.25, -0.2) is 4.39 Å². The van der Waals surface area contributed by atoms with Crippen LogP contribution in [0.2, 0.25) is 0 Å². The van der Waals surface area contributed by atoms with Crippen molar-refractivity contribution >= 4 is 30.5 Å². The zero-order chi connectivity index (χ0) is 20.1. The lowest BCUT2D eigenvalue weighted by atomic mass is 10.0. The van der Waals surface area contributed by atoms with Crippen molar-refractivity contribution in [2.24, 2.45) is 0 Å². The number of pyridine rings is 1. The highest BCUT2D eigenvalue weighted by Gasteiger charge is 2.22. The Kier molecular flexibility index (Phi) is 9.56. The van der Waals surface area contributed by atoms with Crippen molar-refractivity contribution in [2.45, 2.75) is 25.4 Å². The standard InChI is InChI=1S/C24H26FN3O.2ClH/c1-29-23-7-5-21(6-8-23)28(22-10-12-26-13-11-22)17-18-9-14-27-24(15-18)19-3-2-4-20(25)16-19;;/h2-9,14-16,22,26H,10-13,17H2,1H3;2*1H. The predicted octanol–water partition coefficient (Wildman–Crippen LogP) is 5.50. The maximum absolute atomic E-state index is 13.6. The third kappa shape index (κ3) is 6.33. The van der Waals surface area contributed by atoms with Crippen molar-refractivity contribution in [1.29, 1.82) is 0 Å². The third-order valence-electron chi connectivity index (χ3n) is 5.45. The van der Waals surface area contributed by atoms with Crippen molar-refractivity contribution in [3.63, 3.8) is 0 Å². The molecular weight excluding hydrogens is 436 g/mol. The lowest BCUT2D eigenvalue weighted by molar-refractivity contribution is 0.413. The van der Waals surface area contributed by atoms with Crippen LogP contribution >= 0.6 is 24.8 Å². The number of piperidine rings is 1. The molecule has 31 heavy (non-hydrogen) atoms. The van der Waals surface area contributed by atoms with Crippen molar-refractivity contribution in [1.82, 2.24) is 10.3 Å². The molecule has 1 saturated heterocycles. The van der Waals surface area contributed by atoms with Gasteiger partial charge in [0.1, 0.15) is 11.6 Å². The molecule has 2 aromatic carbocycles. The summed E-state index contributed by atoms with van der Waals surface area (Å²) in [4.78, 5) is 6.92. The molecule has 4 rings (SSSR count). The van der Waals surface area contributed by atoms with Crippen LogP contribution in [0.15, 0.2) is 66.9 Å². The molecule has 166 valence electrons. The highest BCUT2D eigenvalue weighted by atomic mass is 35.5. The quantitative estimate of drug-likeness (QED) is 0.523. The fourth-order valence-electron chi connectivity index (χ4n) is 3.90. The maximum atomic E-state index is 13.6. The maximum Gasteiger partial charge on any atom is 0.123 e. The van der Waals surface area contributed by atoms with E-state index in [0.29, 0.717) is 6.04 Å². The number of nitrogens with zero attached hydrogens (tertiary/aromatic N) is 2. The molecule has 0 spiro atoms. The highest BCUT2D eigenvalue weighted by molar-refractivity contribution is 5.85. The van der Waals surface area contributed by atoms with E-state index >= 15 is 0 Å². The van der Waals surface area contributed by atoms with E-state index in [0.717, 1.165) is 55.0 Å². The minimum absolute atomic E-state index is 0. The molecule has 0 saturated carbocycles. The summed E-state index contributed by atoms with van der Waals surface area (Å²) in [5.74, 6) is 0.612. The number of anilines is 1. The molecule has 1 aliphatic rings. The van der Waals surface area contributed by atoms with E-state index in [1.165, 1.54) is 17.8 Å². The average Bonchev–Trinajstić information content (AvgIpc) is 2.78. The van der Waals surface area contributed by atoms with E-state index in [1.54, 1.807) is 13.2 Å². The molecule has 0 atom stereocenters. The molecule has 0 aliphatic carbocycles. The summed E-state index contributed by atoms with van der Waals surface area (Å²) in [6.45, 7) is 2.84. The Hall–Kier alpha value is -2.34. The number of benzene rings is 2. The van der Waals surface area contributed by atoms with Gasteiger partial charge in [-0.15, -0.1) is 24.8 Å². The Morgan fingerprint density at radius 2 is 1.77 bits per heavy atom. The van der Waals surface area contributed by atoms with Gasteiger partial charge in [-0.05, 0) is 80.0 Å². The van der Waals surface area contributed by atoms with E-state index in [2.05, 4.69) is 33.4 Å². The van der Waals surface area contributed by atoms with E-state index < -0.39 is 0 Å². The smallest absolute Gasteiger partial charge is 0.123 e. The zero-order valence-corrected chi connectivity index (χ0v) is 19.1. The molecule has 1 fully saturated rings. The van der Waals surface area contributed by atoms with Crippen LogP contribution in [0, 0.1) is 5.82 Å². The normalized spacial score (nSPS) is 13.6. The number of aromatic nitrogens is 1. The molecule has 0 unspecified atom stereocenters. The molecule has 1 aliphatic heterocycles. The SMILES string of the molecule is COc1ccc(N(Cc2ccnc(-c3cccc(F)c3)c2)C2CCNCC2)cc1.Cl.Cl. The molecule has 1 aromatic heterocycles. The lowest BCUT2D eigenvalue weighted by Crippen LogP contribution is -2.43. The summed E-state index contributed by atoms with van der Waals surface area (Å²) in [6, 6.07) is 19.4. The molecule has 1 N–H and O–H groups in total. The number of hydrogen-bond acceptors (Lipinski definition) is 4. The number of ether oxygens (including phenoxy) is 1. The van der Waals surface area contributed by atoms with E-state index in [-0.39, 0.29) is 30.6 Å². The first kappa shape index (κ1) is 24.9. The summed E-state index contributed by atoms with van der Waals surface area (Å²) < 4.78 is 19.0.